The van der Waals surface area contributed by atoms with E-state index in [0.29, 0.717) is 11.9 Å². The summed E-state index contributed by atoms with van der Waals surface area (Å²) in [5, 5.41) is 7.24. The first-order chi connectivity index (χ1) is 9.72. The van der Waals surface area contributed by atoms with Crippen molar-refractivity contribution in [3.05, 3.63) is 18.5 Å². The van der Waals surface area contributed by atoms with Crippen molar-refractivity contribution in [1.29, 1.82) is 0 Å². The van der Waals surface area contributed by atoms with Gasteiger partial charge < -0.3 is 16.0 Å². The molecule has 0 amide bonds. The molecule has 0 radical (unpaired) electrons. The van der Waals surface area contributed by atoms with Gasteiger partial charge in [-0.3, -0.25) is 0 Å². The monoisotopic (exact) mass is 276 g/mol. The van der Waals surface area contributed by atoms with E-state index in [1.165, 1.54) is 0 Å². The molecule has 0 aliphatic carbocycles. The van der Waals surface area contributed by atoms with Gasteiger partial charge in [0.15, 0.2) is 0 Å². The van der Waals surface area contributed by atoms with Gasteiger partial charge in [0.25, 0.3) is 5.95 Å². The molecule has 20 heavy (non-hydrogen) atoms. The molecule has 0 fully saturated rings. The first kappa shape index (κ1) is 14.2. The molecule has 2 aromatic heterocycles. The second-order valence-electron chi connectivity index (χ2n) is 4.22. The van der Waals surface area contributed by atoms with Gasteiger partial charge in [-0.25, -0.2) is 4.68 Å². The number of anilines is 2. The lowest BCUT2D eigenvalue weighted by atomic mass is 10.4. The second-order valence-corrected chi connectivity index (χ2v) is 4.22. The third kappa shape index (κ3) is 3.64. The summed E-state index contributed by atoms with van der Waals surface area (Å²) in [6.45, 7) is 8.01. The third-order valence-electron chi connectivity index (χ3n) is 2.96. The number of aromatic nitrogens is 5. The van der Waals surface area contributed by atoms with E-state index in [1.807, 2.05) is 0 Å². The van der Waals surface area contributed by atoms with Crippen LogP contribution in [0.4, 0.5) is 11.9 Å². The maximum atomic E-state index is 5.70. The minimum Gasteiger partial charge on any atom is -0.368 e. The Morgan fingerprint density at radius 2 is 2.05 bits per heavy atom. The van der Waals surface area contributed by atoms with Crippen LogP contribution in [-0.2, 0) is 0 Å². The van der Waals surface area contributed by atoms with Gasteiger partial charge in [0.05, 0.1) is 0 Å². The lowest BCUT2D eigenvalue weighted by Crippen LogP contribution is -2.29. The Bertz CT molecular complexity index is 520. The van der Waals surface area contributed by atoms with Crippen molar-refractivity contribution >= 4 is 11.9 Å². The lowest BCUT2D eigenvalue weighted by Gasteiger charge is -2.17. The standard InChI is InChI=1S/C12H20N8/c1-3-19(4-2)9-7-14-11-16-10(13)17-12(18-11)20-8-5-6-15-20/h5-6,8H,3-4,7,9H2,1-2H3,(H3,13,14,16,17,18). The fourth-order valence-electron chi connectivity index (χ4n) is 1.81. The van der Waals surface area contributed by atoms with Crippen LogP contribution < -0.4 is 11.1 Å². The van der Waals surface area contributed by atoms with Crippen LogP contribution in [0.1, 0.15) is 13.8 Å². The maximum Gasteiger partial charge on any atom is 0.257 e. The molecule has 0 unspecified atom stereocenters. The first-order valence-electron chi connectivity index (χ1n) is 6.70. The van der Waals surface area contributed by atoms with Crippen molar-refractivity contribution in [2.24, 2.45) is 0 Å². The Kier molecular flexibility index (Phi) is 4.83. The Morgan fingerprint density at radius 1 is 1.25 bits per heavy atom. The molecule has 8 heteroatoms. The van der Waals surface area contributed by atoms with Gasteiger partial charge in [-0.15, -0.1) is 0 Å². The molecule has 0 bridgehead atoms. The summed E-state index contributed by atoms with van der Waals surface area (Å²) >= 11 is 0. The molecule has 2 rings (SSSR count). The number of nitrogens with two attached hydrogens (primary N) is 1. The van der Waals surface area contributed by atoms with Gasteiger partial charge in [-0.1, -0.05) is 13.8 Å². The van der Waals surface area contributed by atoms with Gasteiger partial charge >= 0.3 is 0 Å². The summed E-state index contributed by atoms with van der Waals surface area (Å²) in [7, 11) is 0. The van der Waals surface area contributed by atoms with Crippen LogP contribution in [-0.4, -0.2) is 55.8 Å². The molecular formula is C12H20N8. The predicted molar refractivity (Wildman–Crippen MR) is 77.6 cm³/mol. The summed E-state index contributed by atoms with van der Waals surface area (Å²) in [6, 6.07) is 1.80. The van der Waals surface area contributed by atoms with Crippen LogP contribution in [0.15, 0.2) is 18.5 Å². The molecule has 108 valence electrons. The van der Waals surface area contributed by atoms with Crippen molar-refractivity contribution in [3.8, 4) is 5.95 Å². The Morgan fingerprint density at radius 3 is 2.70 bits per heavy atom. The number of hydrogen-bond acceptors (Lipinski definition) is 7. The molecular weight excluding hydrogens is 256 g/mol. The zero-order valence-electron chi connectivity index (χ0n) is 11.8. The van der Waals surface area contributed by atoms with E-state index < -0.39 is 0 Å². The second kappa shape index (κ2) is 6.80. The van der Waals surface area contributed by atoms with Gasteiger partial charge in [0, 0.05) is 25.5 Å². The Balaban J connectivity index is 2.02. The molecule has 0 saturated heterocycles. The highest BCUT2D eigenvalue weighted by molar-refractivity contribution is 5.34. The average molecular weight is 276 g/mol. The van der Waals surface area contributed by atoms with Crippen LogP contribution in [0.25, 0.3) is 5.95 Å². The zero-order valence-corrected chi connectivity index (χ0v) is 11.8. The molecule has 0 atom stereocenters. The molecule has 0 aromatic carbocycles. The highest BCUT2D eigenvalue weighted by atomic mass is 15.4. The SMILES string of the molecule is CCN(CC)CCNc1nc(N)nc(-n2cccn2)n1. The number of nitrogen functional groups attached to an aromatic ring is 1. The van der Waals surface area contributed by atoms with Crippen LogP contribution in [0.5, 0.6) is 0 Å². The topological polar surface area (TPSA) is 97.8 Å². The number of likely N-dealkylation sites (N-methyl/N-ethyl adjacent to an activating group) is 1. The van der Waals surface area contributed by atoms with Crippen LogP contribution >= 0.6 is 0 Å². The zero-order chi connectivity index (χ0) is 14.4. The predicted octanol–water partition coefficient (Wildman–Crippen LogP) is 0.393. The van der Waals surface area contributed by atoms with E-state index in [0.717, 1.165) is 26.2 Å². The minimum atomic E-state index is 0.177. The fraction of sp³-hybridized carbons (Fsp3) is 0.500. The maximum absolute atomic E-state index is 5.70. The Labute approximate surface area is 118 Å². The molecule has 8 nitrogen and oxygen atoms in total. The summed E-state index contributed by atoms with van der Waals surface area (Å²) in [6.07, 6.45) is 3.42. The van der Waals surface area contributed by atoms with Crippen molar-refractivity contribution in [2.75, 3.05) is 37.2 Å². The molecule has 3 N–H and O–H groups in total. The summed E-state index contributed by atoms with van der Waals surface area (Å²) in [5.74, 6) is 1.05. The molecule has 2 heterocycles. The summed E-state index contributed by atoms with van der Waals surface area (Å²) in [5.41, 5.74) is 5.70. The average Bonchev–Trinajstić information content (AvgIpc) is 2.97. The van der Waals surface area contributed by atoms with Gasteiger partial charge in [-0.05, 0) is 19.2 Å². The molecule has 0 aliphatic rings. The van der Waals surface area contributed by atoms with Crippen molar-refractivity contribution < 1.29 is 0 Å². The lowest BCUT2D eigenvalue weighted by molar-refractivity contribution is 0.316. The fourth-order valence-corrected chi connectivity index (χ4v) is 1.81. The largest absolute Gasteiger partial charge is 0.368 e. The number of rotatable bonds is 7. The minimum absolute atomic E-state index is 0.177. The summed E-state index contributed by atoms with van der Waals surface area (Å²) < 4.78 is 1.55. The molecule has 0 spiro atoms. The normalized spacial score (nSPS) is 10.9. The molecule has 0 aliphatic heterocycles. The van der Waals surface area contributed by atoms with Crippen molar-refractivity contribution in [3.63, 3.8) is 0 Å². The number of nitrogens with zero attached hydrogens (tertiary/aromatic N) is 6. The quantitative estimate of drug-likeness (QED) is 0.755. The third-order valence-corrected chi connectivity index (χ3v) is 2.96. The smallest absolute Gasteiger partial charge is 0.257 e. The number of nitrogens with one attached hydrogen (secondary N) is 1. The molecule has 0 saturated carbocycles. The van der Waals surface area contributed by atoms with Crippen molar-refractivity contribution in [2.45, 2.75) is 13.8 Å². The first-order valence-corrected chi connectivity index (χ1v) is 6.70. The van der Waals surface area contributed by atoms with E-state index in [9.17, 15) is 0 Å². The van der Waals surface area contributed by atoms with Gasteiger partial charge in [-0.2, -0.15) is 20.1 Å². The van der Waals surface area contributed by atoms with Gasteiger partial charge in [0.2, 0.25) is 11.9 Å². The Hall–Kier alpha value is -2.22. The van der Waals surface area contributed by atoms with E-state index >= 15 is 0 Å². The highest BCUT2D eigenvalue weighted by Gasteiger charge is 2.06. The van der Waals surface area contributed by atoms with E-state index in [2.05, 4.69) is 44.1 Å². The van der Waals surface area contributed by atoms with Gasteiger partial charge in [0.1, 0.15) is 0 Å². The van der Waals surface area contributed by atoms with Crippen LogP contribution in [0.3, 0.4) is 0 Å². The van der Waals surface area contributed by atoms with E-state index in [-0.39, 0.29) is 5.95 Å². The van der Waals surface area contributed by atoms with Crippen LogP contribution in [0, 0.1) is 0 Å². The van der Waals surface area contributed by atoms with Crippen LogP contribution in [0.2, 0.25) is 0 Å². The van der Waals surface area contributed by atoms with E-state index in [4.69, 9.17) is 5.73 Å². The van der Waals surface area contributed by atoms with Crippen molar-refractivity contribution in [1.82, 2.24) is 29.6 Å². The summed E-state index contributed by atoms with van der Waals surface area (Å²) in [4.78, 5) is 14.7. The highest BCUT2D eigenvalue weighted by Crippen LogP contribution is 2.05. The van der Waals surface area contributed by atoms with E-state index in [1.54, 1.807) is 23.1 Å². The number of hydrogen-bond donors (Lipinski definition) is 2. The molecule has 2 aromatic rings.